The van der Waals surface area contributed by atoms with E-state index >= 15 is 0 Å². The van der Waals surface area contributed by atoms with Gasteiger partial charge >= 0.3 is 6.18 Å². The summed E-state index contributed by atoms with van der Waals surface area (Å²) in [6.45, 7) is -0.532. The monoisotopic (exact) mass is 441 g/mol. The van der Waals surface area contributed by atoms with Gasteiger partial charge in [-0.05, 0) is 12.1 Å². The SMILES string of the molecule is OC[C@@H]1[C@@H](O)[C@H](O)C[S+]1C[C@@H](O)[C@H]1OC(c2ccc(C(F)(F)F)cc2)OC[C@H]1O. The Hall–Kier alpha value is -0.920. The van der Waals surface area contributed by atoms with Crippen LogP contribution in [0.4, 0.5) is 13.2 Å². The predicted octanol–water partition coefficient (Wildman–Crippen LogP) is -0.444. The molecule has 0 saturated carbocycles. The van der Waals surface area contributed by atoms with Gasteiger partial charge in [0.1, 0.15) is 42.0 Å². The van der Waals surface area contributed by atoms with Gasteiger partial charge in [-0.2, -0.15) is 13.2 Å². The molecule has 0 aromatic heterocycles. The Kier molecular flexibility index (Phi) is 7.11. The van der Waals surface area contributed by atoms with Crippen LogP contribution < -0.4 is 0 Å². The number of alkyl halides is 3. The van der Waals surface area contributed by atoms with E-state index in [0.717, 1.165) is 12.1 Å². The van der Waals surface area contributed by atoms with E-state index in [0.29, 0.717) is 5.56 Å². The van der Waals surface area contributed by atoms with Gasteiger partial charge in [0.15, 0.2) is 11.5 Å². The van der Waals surface area contributed by atoms with E-state index in [2.05, 4.69) is 0 Å². The third-order valence-electron chi connectivity index (χ3n) is 5.12. The Morgan fingerprint density at radius 2 is 1.76 bits per heavy atom. The van der Waals surface area contributed by atoms with E-state index in [-0.39, 0.29) is 24.7 Å². The minimum atomic E-state index is -4.47. The number of aliphatic hydroxyl groups is 5. The zero-order valence-corrected chi connectivity index (χ0v) is 16.1. The van der Waals surface area contributed by atoms with Crippen LogP contribution in [0, 0.1) is 0 Å². The van der Waals surface area contributed by atoms with Crippen molar-refractivity contribution in [2.75, 3.05) is 24.7 Å². The molecule has 2 heterocycles. The van der Waals surface area contributed by atoms with Gasteiger partial charge in [0.05, 0.1) is 18.8 Å². The Balaban J connectivity index is 1.66. The quantitative estimate of drug-likeness (QED) is 0.393. The molecule has 7 nitrogen and oxygen atoms in total. The Morgan fingerprint density at radius 3 is 2.34 bits per heavy atom. The molecule has 2 unspecified atom stereocenters. The summed E-state index contributed by atoms with van der Waals surface area (Å²) >= 11 is 0. The average molecular weight is 441 g/mol. The number of halogens is 3. The molecule has 2 aliphatic rings. The number of ether oxygens (including phenoxy) is 2. The molecule has 3 rings (SSSR count). The topological polar surface area (TPSA) is 120 Å². The van der Waals surface area contributed by atoms with Crippen molar-refractivity contribution in [3.63, 3.8) is 0 Å². The highest BCUT2D eigenvalue weighted by Crippen LogP contribution is 2.33. The van der Waals surface area contributed by atoms with Crippen molar-refractivity contribution in [1.29, 1.82) is 0 Å². The first kappa shape index (κ1) is 22.8. The second-order valence-corrected chi connectivity index (χ2v) is 9.52. The van der Waals surface area contributed by atoms with E-state index in [9.17, 15) is 38.7 Å². The van der Waals surface area contributed by atoms with E-state index in [1.807, 2.05) is 0 Å². The summed E-state index contributed by atoms with van der Waals surface area (Å²) in [5, 5.41) is 49.3. The highest BCUT2D eigenvalue weighted by atomic mass is 32.2. The smallest absolute Gasteiger partial charge is 0.391 e. The third-order valence-corrected chi connectivity index (χ3v) is 7.94. The van der Waals surface area contributed by atoms with E-state index in [4.69, 9.17) is 9.47 Å². The Morgan fingerprint density at radius 1 is 1.10 bits per heavy atom. The minimum Gasteiger partial charge on any atom is -0.391 e. The molecule has 1 aromatic rings. The first-order valence-corrected chi connectivity index (χ1v) is 10.7. The first-order chi connectivity index (χ1) is 13.6. The lowest BCUT2D eigenvalue weighted by molar-refractivity contribution is -0.273. The molecule has 5 N–H and O–H groups in total. The van der Waals surface area contributed by atoms with Gasteiger partial charge < -0.3 is 35.0 Å². The van der Waals surface area contributed by atoms with E-state index < -0.39 is 64.7 Å². The lowest BCUT2D eigenvalue weighted by atomic mass is 10.1. The van der Waals surface area contributed by atoms with Gasteiger partial charge in [-0.3, -0.25) is 0 Å². The van der Waals surface area contributed by atoms with Crippen LogP contribution in [0.25, 0.3) is 0 Å². The highest BCUT2D eigenvalue weighted by Gasteiger charge is 2.51. The van der Waals surface area contributed by atoms with Gasteiger partial charge in [0.2, 0.25) is 0 Å². The lowest BCUT2D eigenvalue weighted by Crippen LogP contribution is -2.50. The summed E-state index contributed by atoms with van der Waals surface area (Å²) in [6.07, 6.45) is -11.0. The fourth-order valence-corrected chi connectivity index (χ4v) is 6.19. The number of hydrogen-bond donors (Lipinski definition) is 5. The van der Waals surface area contributed by atoms with Gasteiger partial charge in [-0.25, -0.2) is 0 Å². The fraction of sp³-hybridized carbons (Fsp3) is 0.667. The van der Waals surface area contributed by atoms with Crippen LogP contribution in [0.1, 0.15) is 17.4 Å². The molecular weight excluding hydrogens is 417 g/mol. The van der Waals surface area contributed by atoms with Crippen molar-refractivity contribution in [3.05, 3.63) is 35.4 Å². The molecule has 2 saturated heterocycles. The summed E-state index contributed by atoms with van der Waals surface area (Å²) in [4.78, 5) is 0. The Bertz CT molecular complexity index is 674. The van der Waals surface area contributed by atoms with Crippen LogP contribution >= 0.6 is 0 Å². The molecule has 2 aliphatic heterocycles. The van der Waals surface area contributed by atoms with E-state index in [1.165, 1.54) is 12.1 Å². The largest absolute Gasteiger partial charge is 0.416 e. The zero-order valence-electron chi connectivity index (χ0n) is 15.3. The van der Waals surface area contributed by atoms with Gasteiger partial charge in [0.25, 0.3) is 0 Å². The summed E-state index contributed by atoms with van der Waals surface area (Å²) < 4.78 is 49.1. The van der Waals surface area contributed by atoms with Crippen molar-refractivity contribution < 1.29 is 48.2 Å². The molecule has 0 amide bonds. The molecule has 0 radical (unpaired) electrons. The molecule has 8 atom stereocenters. The zero-order chi connectivity index (χ0) is 21.3. The standard InChI is InChI=1S/C18H24F3O7S/c19-18(20,21)10-3-1-9(2-4-10)17-27-6-11(23)16(28-17)13(25)8-29-7-12(24)15(26)14(29)5-22/h1-4,11-17,22-26H,5-8H2/q+1/t11-,12-,13-,14-,15+,16+,17?,29?/m1/s1. The molecule has 29 heavy (non-hydrogen) atoms. The maximum absolute atomic E-state index is 12.7. The summed E-state index contributed by atoms with van der Waals surface area (Å²) in [6, 6.07) is 4.21. The second-order valence-electron chi connectivity index (χ2n) is 7.17. The highest BCUT2D eigenvalue weighted by molar-refractivity contribution is 7.97. The lowest BCUT2D eigenvalue weighted by Gasteiger charge is -2.36. The van der Waals surface area contributed by atoms with E-state index in [1.54, 1.807) is 0 Å². The molecule has 11 heteroatoms. The summed E-state index contributed by atoms with van der Waals surface area (Å²) in [7, 11) is -0.698. The molecule has 0 aliphatic carbocycles. The van der Waals surface area contributed by atoms with Gasteiger partial charge in [-0.1, -0.05) is 12.1 Å². The molecule has 1 aromatic carbocycles. The predicted molar refractivity (Wildman–Crippen MR) is 97.0 cm³/mol. The van der Waals surface area contributed by atoms with Crippen molar-refractivity contribution in [2.24, 2.45) is 0 Å². The number of aliphatic hydroxyl groups excluding tert-OH is 5. The number of rotatable bonds is 5. The summed E-state index contributed by atoms with van der Waals surface area (Å²) in [5.41, 5.74) is -0.507. The normalized spacial score (nSPS) is 36.9. The molecule has 0 bridgehead atoms. The number of benzene rings is 1. The van der Waals surface area contributed by atoms with Gasteiger partial charge in [0, 0.05) is 16.5 Å². The van der Waals surface area contributed by atoms with Crippen LogP contribution in [-0.4, -0.2) is 86.0 Å². The van der Waals surface area contributed by atoms with Crippen LogP contribution in [0.15, 0.2) is 24.3 Å². The average Bonchev–Trinajstić information content (AvgIpc) is 2.94. The van der Waals surface area contributed by atoms with Crippen molar-refractivity contribution in [2.45, 2.75) is 48.2 Å². The van der Waals surface area contributed by atoms with Crippen LogP contribution in [-0.2, 0) is 26.5 Å². The summed E-state index contributed by atoms with van der Waals surface area (Å²) in [5.74, 6) is 0.298. The van der Waals surface area contributed by atoms with Crippen LogP contribution in [0.5, 0.6) is 0 Å². The third kappa shape index (κ3) is 5.05. The van der Waals surface area contributed by atoms with Gasteiger partial charge in [-0.15, -0.1) is 0 Å². The molecule has 164 valence electrons. The molecular formula is C18H24F3O7S+. The molecule has 2 fully saturated rings. The second kappa shape index (κ2) is 9.06. The Labute approximate surface area is 168 Å². The van der Waals surface area contributed by atoms with Crippen LogP contribution in [0.2, 0.25) is 0 Å². The molecule has 0 spiro atoms. The first-order valence-electron chi connectivity index (χ1n) is 9.05. The van der Waals surface area contributed by atoms with Crippen molar-refractivity contribution in [3.8, 4) is 0 Å². The fourth-order valence-electron chi connectivity index (χ4n) is 3.51. The number of hydrogen-bond acceptors (Lipinski definition) is 7. The maximum atomic E-state index is 12.7. The van der Waals surface area contributed by atoms with Crippen LogP contribution in [0.3, 0.4) is 0 Å². The maximum Gasteiger partial charge on any atom is 0.416 e. The minimum absolute atomic E-state index is 0.0841. The van der Waals surface area contributed by atoms with Crippen molar-refractivity contribution >= 4 is 10.9 Å². The van der Waals surface area contributed by atoms with Crippen molar-refractivity contribution in [1.82, 2.24) is 0 Å².